The number of aryl methyl sites for hydroxylation is 2. The minimum Gasteiger partial charge on any atom is -0.496 e. The smallest absolute Gasteiger partial charge is 0.243 e. The van der Waals surface area contributed by atoms with E-state index in [9.17, 15) is 8.42 Å². The van der Waals surface area contributed by atoms with Crippen molar-refractivity contribution in [1.82, 2.24) is 9.62 Å². The van der Waals surface area contributed by atoms with Crippen LogP contribution in [0.3, 0.4) is 0 Å². The number of benzene rings is 1. The van der Waals surface area contributed by atoms with Crippen LogP contribution in [0.2, 0.25) is 0 Å². The van der Waals surface area contributed by atoms with Gasteiger partial charge in [-0.2, -0.15) is 4.31 Å². The number of hydrogen-bond donors (Lipinski definition) is 1. The minimum atomic E-state index is -3.43. The molecule has 20 heavy (non-hydrogen) atoms. The first-order chi connectivity index (χ1) is 9.36. The Morgan fingerprint density at radius 2 is 1.90 bits per heavy atom. The molecule has 0 radical (unpaired) electrons. The number of methoxy groups -OCH3 is 1. The summed E-state index contributed by atoms with van der Waals surface area (Å²) in [5.74, 6) is 0.748. The van der Waals surface area contributed by atoms with Gasteiger partial charge in [-0.1, -0.05) is 0 Å². The van der Waals surface area contributed by atoms with Crippen LogP contribution in [0.15, 0.2) is 17.0 Å². The standard InChI is InChI=1S/C14H22N2O3S/c1-10-7-13(8-11(2)14(10)19-4)20(17,18)16-6-5-15-12(3)9-16/h7-8,12,15H,5-6,9H2,1-4H3. The van der Waals surface area contributed by atoms with Crippen molar-refractivity contribution in [2.24, 2.45) is 0 Å². The summed E-state index contributed by atoms with van der Waals surface area (Å²) in [6.07, 6.45) is 0. The first kappa shape index (κ1) is 15.3. The fourth-order valence-corrected chi connectivity index (χ4v) is 4.35. The average molecular weight is 298 g/mol. The van der Waals surface area contributed by atoms with Crippen LogP contribution in [0.25, 0.3) is 0 Å². The molecule has 0 amide bonds. The maximum atomic E-state index is 12.7. The number of sulfonamides is 1. The van der Waals surface area contributed by atoms with E-state index in [-0.39, 0.29) is 6.04 Å². The van der Waals surface area contributed by atoms with Crippen molar-refractivity contribution in [1.29, 1.82) is 0 Å². The summed E-state index contributed by atoms with van der Waals surface area (Å²) in [6, 6.07) is 3.56. The third kappa shape index (κ3) is 2.82. The van der Waals surface area contributed by atoms with Crippen LogP contribution in [-0.2, 0) is 10.0 Å². The summed E-state index contributed by atoms with van der Waals surface area (Å²) in [5, 5.41) is 3.25. The van der Waals surface area contributed by atoms with E-state index < -0.39 is 10.0 Å². The zero-order valence-electron chi connectivity index (χ0n) is 12.4. The molecule has 1 N–H and O–H groups in total. The summed E-state index contributed by atoms with van der Waals surface area (Å²) in [7, 11) is -1.83. The number of nitrogens with one attached hydrogen (secondary N) is 1. The quantitative estimate of drug-likeness (QED) is 0.913. The summed E-state index contributed by atoms with van der Waals surface area (Å²) in [4.78, 5) is 0.349. The molecule has 0 saturated carbocycles. The molecule has 1 unspecified atom stereocenters. The predicted molar refractivity (Wildman–Crippen MR) is 78.7 cm³/mol. The monoisotopic (exact) mass is 298 g/mol. The number of ether oxygens (including phenoxy) is 1. The lowest BCUT2D eigenvalue weighted by atomic mass is 10.1. The van der Waals surface area contributed by atoms with Crippen LogP contribution in [0.4, 0.5) is 0 Å². The van der Waals surface area contributed by atoms with Crippen LogP contribution in [0.5, 0.6) is 5.75 Å². The highest BCUT2D eigenvalue weighted by Crippen LogP contribution is 2.28. The van der Waals surface area contributed by atoms with Gasteiger partial charge < -0.3 is 10.1 Å². The van der Waals surface area contributed by atoms with E-state index in [1.54, 1.807) is 23.5 Å². The van der Waals surface area contributed by atoms with Crippen LogP contribution in [0, 0.1) is 13.8 Å². The lowest BCUT2D eigenvalue weighted by Gasteiger charge is -2.31. The van der Waals surface area contributed by atoms with Gasteiger partial charge in [0.1, 0.15) is 5.75 Å². The van der Waals surface area contributed by atoms with Gasteiger partial charge in [-0.05, 0) is 44.0 Å². The molecule has 0 bridgehead atoms. The lowest BCUT2D eigenvalue weighted by molar-refractivity contribution is 0.310. The molecular formula is C14H22N2O3S. The van der Waals surface area contributed by atoms with Gasteiger partial charge in [0.25, 0.3) is 0 Å². The second kappa shape index (κ2) is 5.71. The second-order valence-electron chi connectivity index (χ2n) is 5.31. The Kier molecular flexibility index (Phi) is 4.36. The summed E-state index contributed by atoms with van der Waals surface area (Å²) in [5.41, 5.74) is 1.68. The van der Waals surface area contributed by atoms with Gasteiger partial charge in [-0.25, -0.2) is 8.42 Å². The zero-order valence-corrected chi connectivity index (χ0v) is 13.3. The highest BCUT2D eigenvalue weighted by molar-refractivity contribution is 7.89. The molecule has 6 heteroatoms. The number of nitrogens with zero attached hydrogens (tertiary/aromatic N) is 1. The Balaban J connectivity index is 2.39. The molecule has 0 spiro atoms. The van der Waals surface area contributed by atoms with E-state index in [2.05, 4.69) is 5.32 Å². The topological polar surface area (TPSA) is 58.6 Å². The van der Waals surface area contributed by atoms with Gasteiger partial charge >= 0.3 is 0 Å². The molecule has 1 fully saturated rings. The summed E-state index contributed by atoms with van der Waals surface area (Å²) in [6.45, 7) is 7.43. The van der Waals surface area contributed by atoms with E-state index in [1.165, 1.54) is 0 Å². The van der Waals surface area contributed by atoms with Crippen LogP contribution >= 0.6 is 0 Å². The molecule has 1 aliphatic rings. The number of hydrogen-bond acceptors (Lipinski definition) is 4. The van der Waals surface area contributed by atoms with Gasteiger partial charge in [0.2, 0.25) is 10.0 Å². The highest BCUT2D eigenvalue weighted by atomic mass is 32.2. The molecule has 2 rings (SSSR count). The van der Waals surface area contributed by atoms with Crippen molar-refractivity contribution in [3.63, 3.8) is 0 Å². The van der Waals surface area contributed by atoms with Crippen molar-refractivity contribution in [2.75, 3.05) is 26.7 Å². The lowest BCUT2D eigenvalue weighted by Crippen LogP contribution is -2.51. The molecule has 0 aliphatic carbocycles. The third-order valence-corrected chi connectivity index (χ3v) is 5.45. The molecule has 1 aliphatic heterocycles. The van der Waals surface area contributed by atoms with Gasteiger partial charge in [0, 0.05) is 25.7 Å². The fraction of sp³-hybridized carbons (Fsp3) is 0.571. The van der Waals surface area contributed by atoms with Gasteiger partial charge in [-0.3, -0.25) is 0 Å². The maximum Gasteiger partial charge on any atom is 0.243 e. The fourth-order valence-electron chi connectivity index (χ4n) is 2.65. The first-order valence-electron chi connectivity index (χ1n) is 6.75. The number of piperazine rings is 1. The van der Waals surface area contributed by atoms with Crippen molar-refractivity contribution < 1.29 is 13.2 Å². The largest absolute Gasteiger partial charge is 0.496 e. The minimum absolute atomic E-state index is 0.180. The Bertz CT molecular complexity index is 575. The van der Waals surface area contributed by atoms with Crippen molar-refractivity contribution in [3.05, 3.63) is 23.3 Å². The van der Waals surface area contributed by atoms with Crippen molar-refractivity contribution in [2.45, 2.75) is 31.7 Å². The Morgan fingerprint density at radius 1 is 1.30 bits per heavy atom. The molecule has 112 valence electrons. The first-order valence-corrected chi connectivity index (χ1v) is 8.19. The van der Waals surface area contributed by atoms with E-state index in [4.69, 9.17) is 4.74 Å². The van der Waals surface area contributed by atoms with E-state index in [0.29, 0.717) is 24.5 Å². The summed E-state index contributed by atoms with van der Waals surface area (Å²) < 4.78 is 32.2. The average Bonchev–Trinajstić information content (AvgIpc) is 2.38. The number of rotatable bonds is 3. The Hall–Kier alpha value is -1.11. The third-order valence-electron chi connectivity index (χ3n) is 3.61. The SMILES string of the molecule is COc1c(C)cc(S(=O)(=O)N2CCNC(C)C2)cc1C. The molecule has 1 aromatic rings. The van der Waals surface area contributed by atoms with Gasteiger partial charge in [-0.15, -0.1) is 0 Å². The molecule has 5 nitrogen and oxygen atoms in total. The highest BCUT2D eigenvalue weighted by Gasteiger charge is 2.29. The molecule has 1 aromatic carbocycles. The molecular weight excluding hydrogens is 276 g/mol. The van der Waals surface area contributed by atoms with Gasteiger partial charge in [0.15, 0.2) is 0 Å². The predicted octanol–water partition coefficient (Wildman–Crippen LogP) is 1.29. The zero-order chi connectivity index (χ0) is 14.9. The van der Waals surface area contributed by atoms with Crippen LogP contribution in [-0.4, -0.2) is 45.5 Å². The molecule has 0 aromatic heterocycles. The maximum absolute atomic E-state index is 12.7. The summed E-state index contributed by atoms with van der Waals surface area (Å²) >= 11 is 0. The van der Waals surface area contributed by atoms with E-state index in [0.717, 1.165) is 16.9 Å². The van der Waals surface area contributed by atoms with Gasteiger partial charge in [0.05, 0.1) is 12.0 Å². The molecule has 1 saturated heterocycles. The Labute approximate surface area is 121 Å². The van der Waals surface area contributed by atoms with E-state index in [1.807, 2.05) is 20.8 Å². The Morgan fingerprint density at radius 3 is 2.40 bits per heavy atom. The molecule has 1 atom stereocenters. The van der Waals surface area contributed by atoms with Crippen molar-refractivity contribution >= 4 is 10.0 Å². The second-order valence-corrected chi connectivity index (χ2v) is 7.25. The van der Waals surface area contributed by atoms with Crippen LogP contribution < -0.4 is 10.1 Å². The van der Waals surface area contributed by atoms with Crippen LogP contribution in [0.1, 0.15) is 18.1 Å². The van der Waals surface area contributed by atoms with E-state index >= 15 is 0 Å². The normalized spacial score (nSPS) is 20.9. The molecule has 1 heterocycles. The van der Waals surface area contributed by atoms with Crippen molar-refractivity contribution in [3.8, 4) is 5.75 Å².